The minimum atomic E-state index is 0.572. The molecule has 1 heterocycles. The maximum atomic E-state index is 5.57. The van der Waals surface area contributed by atoms with Crippen molar-refractivity contribution in [1.82, 2.24) is 4.68 Å². The highest BCUT2D eigenvalue weighted by atomic mass is 16.5. The maximum Gasteiger partial charge on any atom is 0.307 e. The molecule has 0 radical (unpaired) electrons. The molecule has 0 saturated carbocycles. The fourth-order valence-electron chi connectivity index (χ4n) is 4.30. The topological polar surface area (TPSA) is 55.3 Å². The largest absolute Gasteiger partial charge is 0.493 e. The molecule has 0 aliphatic heterocycles. The summed E-state index contributed by atoms with van der Waals surface area (Å²) in [6.07, 6.45) is 10.0. The highest BCUT2D eigenvalue weighted by Gasteiger charge is 2.18. The molecule has 40 heavy (non-hydrogen) atoms. The van der Waals surface area contributed by atoms with Gasteiger partial charge in [0.05, 0.1) is 27.5 Å². The normalized spacial score (nSPS) is 11.3. The lowest BCUT2D eigenvalue weighted by atomic mass is 10.1. The Morgan fingerprint density at radius 3 is 1.80 bits per heavy atom. The summed E-state index contributed by atoms with van der Waals surface area (Å²) in [5.74, 6) is 2.72. The molecule has 0 aliphatic rings. The highest BCUT2D eigenvalue weighted by Crippen LogP contribution is 2.38. The van der Waals surface area contributed by atoms with Gasteiger partial charge in [0.15, 0.2) is 17.7 Å². The van der Waals surface area contributed by atoms with Crippen LogP contribution in [-0.2, 0) is 6.54 Å². The Balaban J connectivity index is 1.70. The monoisotopic (exact) mass is 540 g/mol. The third-order valence-corrected chi connectivity index (χ3v) is 6.57. The van der Waals surface area contributed by atoms with E-state index in [0.717, 1.165) is 33.9 Å². The molecule has 0 aliphatic carbocycles. The number of ether oxygens (including phenoxy) is 3. The molecule has 0 spiro atoms. The van der Waals surface area contributed by atoms with E-state index in [0.29, 0.717) is 23.8 Å². The van der Waals surface area contributed by atoms with Gasteiger partial charge in [-0.25, -0.2) is 4.57 Å². The van der Waals surface area contributed by atoms with Crippen LogP contribution in [0.3, 0.4) is 0 Å². The van der Waals surface area contributed by atoms with E-state index in [4.69, 9.17) is 19.3 Å². The number of imidazole rings is 1. The van der Waals surface area contributed by atoms with Gasteiger partial charge in [0.25, 0.3) is 0 Å². The molecule has 0 N–H and O–H groups in total. The Labute approximate surface area is 237 Å². The van der Waals surface area contributed by atoms with Gasteiger partial charge >= 0.3 is 5.82 Å². The number of hydrogen-bond donors (Lipinski definition) is 0. The van der Waals surface area contributed by atoms with E-state index in [-0.39, 0.29) is 0 Å². The Morgan fingerprint density at radius 2 is 1.30 bits per heavy atom. The lowest BCUT2D eigenvalue weighted by Gasteiger charge is -2.13. The molecule has 0 bridgehead atoms. The van der Waals surface area contributed by atoms with Crippen LogP contribution in [0.25, 0.3) is 12.2 Å². The van der Waals surface area contributed by atoms with Crippen molar-refractivity contribution in [3.63, 3.8) is 0 Å². The number of anilines is 2. The van der Waals surface area contributed by atoms with Crippen LogP contribution in [-0.4, -0.2) is 60.4 Å². The quantitative estimate of drug-likeness (QED) is 0.197. The van der Waals surface area contributed by atoms with Crippen LogP contribution in [0.4, 0.5) is 11.4 Å². The standard InChI is InChI=1S/C32H38N5O3/c1-34(2)27-13-8-24(9-14-27)12-17-31-36(23-26-20-29(38-5)32(40-7)30(21-26)39-6)18-19-37(31)33-22-25-10-15-28(16-11-25)35(3)4/h8-22H,23H2,1-7H3/q+1. The second kappa shape index (κ2) is 12.9. The van der Waals surface area contributed by atoms with Gasteiger partial charge in [-0.3, -0.25) is 0 Å². The molecule has 0 saturated heterocycles. The molecule has 4 aromatic rings. The van der Waals surface area contributed by atoms with Crippen molar-refractivity contribution in [2.24, 2.45) is 5.10 Å². The molecule has 0 amide bonds. The number of aromatic nitrogens is 2. The van der Waals surface area contributed by atoms with Gasteiger partial charge in [0.1, 0.15) is 12.7 Å². The summed E-state index contributed by atoms with van der Waals surface area (Å²) < 4.78 is 20.7. The number of benzene rings is 3. The van der Waals surface area contributed by atoms with Gasteiger partial charge in [0, 0.05) is 51.2 Å². The molecule has 3 aromatic carbocycles. The second-order valence-electron chi connectivity index (χ2n) is 9.71. The molecule has 4 rings (SSSR count). The Bertz CT molecular complexity index is 1440. The van der Waals surface area contributed by atoms with E-state index < -0.39 is 0 Å². The molecule has 8 heteroatoms. The minimum Gasteiger partial charge on any atom is -0.493 e. The van der Waals surface area contributed by atoms with E-state index >= 15 is 0 Å². The van der Waals surface area contributed by atoms with Crippen LogP contribution in [0.1, 0.15) is 22.5 Å². The van der Waals surface area contributed by atoms with Gasteiger partial charge in [-0.1, -0.05) is 29.4 Å². The molecular weight excluding hydrogens is 502 g/mol. The summed E-state index contributed by atoms with van der Waals surface area (Å²) >= 11 is 0. The number of methoxy groups -OCH3 is 3. The summed E-state index contributed by atoms with van der Waals surface area (Å²) in [4.78, 5) is 4.16. The van der Waals surface area contributed by atoms with Gasteiger partial charge in [-0.05, 0) is 53.6 Å². The smallest absolute Gasteiger partial charge is 0.307 e. The second-order valence-corrected chi connectivity index (χ2v) is 9.71. The first-order chi connectivity index (χ1) is 19.3. The first kappa shape index (κ1) is 28.3. The lowest BCUT2D eigenvalue weighted by Crippen LogP contribution is -2.36. The van der Waals surface area contributed by atoms with Crippen molar-refractivity contribution in [1.29, 1.82) is 0 Å². The maximum absolute atomic E-state index is 5.57. The van der Waals surface area contributed by atoms with Crippen molar-refractivity contribution >= 4 is 29.7 Å². The summed E-state index contributed by atoms with van der Waals surface area (Å²) in [6.45, 7) is 0.579. The van der Waals surface area contributed by atoms with Crippen LogP contribution in [0.2, 0.25) is 0 Å². The molecule has 0 fully saturated rings. The summed E-state index contributed by atoms with van der Waals surface area (Å²) in [6, 6.07) is 20.7. The average molecular weight is 541 g/mol. The van der Waals surface area contributed by atoms with Crippen LogP contribution < -0.4 is 28.6 Å². The van der Waals surface area contributed by atoms with Crippen molar-refractivity contribution < 1.29 is 18.8 Å². The summed E-state index contributed by atoms with van der Waals surface area (Å²) in [5, 5.41) is 4.79. The van der Waals surface area contributed by atoms with E-state index in [1.165, 1.54) is 0 Å². The van der Waals surface area contributed by atoms with Gasteiger partial charge in [-0.15, -0.1) is 4.68 Å². The van der Waals surface area contributed by atoms with Crippen molar-refractivity contribution in [3.8, 4) is 17.2 Å². The SMILES string of the molecule is COc1cc(C[n+]2ccn(N=Cc3ccc(N(C)C)cc3)c2C=Cc2ccc(N(C)C)cc2)cc(OC)c1OC. The average Bonchev–Trinajstić information content (AvgIpc) is 3.35. The van der Waals surface area contributed by atoms with Crippen LogP contribution in [0.15, 0.2) is 78.2 Å². The van der Waals surface area contributed by atoms with Gasteiger partial charge in [-0.2, -0.15) is 0 Å². The third kappa shape index (κ3) is 6.64. The van der Waals surface area contributed by atoms with Gasteiger partial charge in [0.2, 0.25) is 5.75 Å². The summed E-state index contributed by atoms with van der Waals surface area (Å²) in [7, 11) is 13.0. The predicted molar refractivity (Wildman–Crippen MR) is 163 cm³/mol. The van der Waals surface area contributed by atoms with Crippen LogP contribution in [0, 0.1) is 0 Å². The number of hydrogen-bond acceptors (Lipinski definition) is 6. The molecular formula is C32H38N5O3+. The Hall–Kier alpha value is -4.72. The molecule has 1 aromatic heterocycles. The van der Waals surface area contributed by atoms with Crippen molar-refractivity contribution in [2.75, 3.05) is 59.3 Å². The van der Waals surface area contributed by atoms with E-state index in [2.05, 4.69) is 75.0 Å². The van der Waals surface area contributed by atoms with E-state index in [1.54, 1.807) is 21.3 Å². The van der Waals surface area contributed by atoms with Crippen LogP contribution in [0.5, 0.6) is 17.2 Å². The van der Waals surface area contributed by atoms with Crippen molar-refractivity contribution in [3.05, 3.63) is 95.6 Å². The molecule has 208 valence electrons. The molecule has 8 nitrogen and oxygen atoms in total. The van der Waals surface area contributed by atoms with E-state index in [1.807, 2.05) is 63.6 Å². The molecule has 0 unspecified atom stereocenters. The zero-order valence-electron chi connectivity index (χ0n) is 24.3. The third-order valence-electron chi connectivity index (χ3n) is 6.57. The number of nitrogens with zero attached hydrogens (tertiary/aromatic N) is 5. The van der Waals surface area contributed by atoms with Gasteiger partial charge < -0.3 is 24.0 Å². The zero-order chi connectivity index (χ0) is 28.6. The Morgan fingerprint density at radius 1 is 0.750 bits per heavy atom. The first-order valence-electron chi connectivity index (χ1n) is 13.0. The lowest BCUT2D eigenvalue weighted by molar-refractivity contribution is -0.689. The predicted octanol–water partition coefficient (Wildman–Crippen LogP) is 5.03. The minimum absolute atomic E-state index is 0.572. The number of rotatable bonds is 11. The highest BCUT2D eigenvalue weighted by molar-refractivity contribution is 5.80. The van der Waals surface area contributed by atoms with E-state index in [9.17, 15) is 0 Å². The molecule has 0 atom stereocenters. The summed E-state index contributed by atoms with van der Waals surface area (Å²) in [5.41, 5.74) is 5.42. The van der Waals surface area contributed by atoms with Crippen LogP contribution >= 0.6 is 0 Å². The van der Waals surface area contributed by atoms with Crippen molar-refractivity contribution in [2.45, 2.75) is 6.54 Å². The zero-order valence-corrected chi connectivity index (χ0v) is 24.3. The fourth-order valence-corrected chi connectivity index (χ4v) is 4.30. The first-order valence-corrected chi connectivity index (χ1v) is 13.0. The fraction of sp³-hybridized carbons (Fsp3) is 0.250. The Kier molecular flexibility index (Phi) is 9.11.